The lowest BCUT2D eigenvalue weighted by Crippen LogP contribution is -2.34. The van der Waals surface area contributed by atoms with Gasteiger partial charge in [0, 0.05) is 18.0 Å². The average molecular weight is 307 g/mol. The fourth-order valence-electron chi connectivity index (χ4n) is 2.24. The number of nitrogens with zero attached hydrogens (tertiary/aromatic N) is 1. The van der Waals surface area contributed by atoms with E-state index >= 15 is 0 Å². The second-order valence-electron chi connectivity index (χ2n) is 4.50. The van der Waals surface area contributed by atoms with Crippen LogP contribution in [-0.4, -0.2) is 30.4 Å². The normalized spacial score (nSPS) is 13.9. The van der Waals surface area contributed by atoms with Crippen LogP contribution in [0.1, 0.15) is 29.8 Å². The number of carbonyl (C=O) groups excluding carboxylic acids is 2. The van der Waals surface area contributed by atoms with Crippen molar-refractivity contribution in [1.82, 2.24) is 4.90 Å². The van der Waals surface area contributed by atoms with Crippen LogP contribution in [0, 0.1) is 0 Å². The smallest absolute Gasteiger partial charge is 0.348 e. The first kappa shape index (κ1) is 13.3. The lowest BCUT2D eigenvalue weighted by Gasteiger charge is -2.26. The molecule has 1 aliphatic heterocycles. The van der Waals surface area contributed by atoms with E-state index in [1.807, 2.05) is 4.90 Å². The van der Waals surface area contributed by atoms with Crippen LogP contribution in [0.5, 0.6) is 0 Å². The van der Waals surface area contributed by atoms with Gasteiger partial charge in [0.25, 0.3) is 5.91 Å². The van der Waals surface area contributed by atoms with E-state index in [9.17, 15) is 9.59 Å². The molecule has 0 saturated carbocycles. The van der Waals surface area contributed by atoms with Gasteiger partial charge in [-0.05, 0) is 35.6 Å². The number of thiophene rings is 2. The highest BCUT2D eigenvalue weighted by Crippen LogP contribution is 2.26. The Morgan fingerprint density at radius 3 is 2.85 bits per heavy atom. The van der Waals surface area contributed by atoms with Gasteiger partial charge in [-0.2, -0.15) is 0 Å². The second kappa shape index (κ2) is 5.38. The van der Waals surface area contributed by atoms with Crippen LogP contribution in [0.4, 0.5) is 0 Å². The molecule has 0 spiro atoms. The lowest BCUT2D eigenvalue weighted by atomic mass is 10.1. The summed E-state index contributed by atoms with van der Waals surface area (Å²) in [5.74, 6) is -0.408. The summed E-state index contributed by atoms with van der Waals surface area (Å²) in [7, 11) is 1.34. The molecule has 0 bridgehead atoms. The van der Waals surface area contributed by atoms with Crippen LogP contribution in [0.25, 0.3) is 0 Å². The van der Waals surface area contributed by atoms with Gasteiger partial charge in [0.1, 0.15) is 4.88 Å². The Hall–Kier alpha value is -1.66. The predicted octanol–water partition coefficient (Wildman–Crippen LogP) is 2.79. The fourth-order valence-corrected chi connectivity index (χ4v) is 4.02. The first-order chi connectivity index (χ1) is 9.69. The van der Waals surface area contributed by atoms with Crippen molar-refractivity contribution < 1.29 is 14.3 Å². The molecule has 4 nitrogen and oxygen atoms in total. The minimum Gasteiger partial charge on any atom is -0.465 e. The quantitative estimate of drug-likeness (QED) is 0.802. The van der Waals surface area contributed by atoms with Gasteiger partial charge in [-0.3, -0.25) is 4.79 Å². The minimum atomic E-state index is -0.396. The predicted molar refractivity (Wildman–Crippen MR) is 78.4 cm³/mol. The molecule has 0 aliphatic carbocycles. The average Bonchev–Trinajstić information content (AvgIpc) is 3.13. The molecular formula is C14H13NO3S2. The van der Waals surface area contributed by atoms with Crippen molar-refractivity contribution in [3.8, 4) is 0 Å². The van der Waals surface area contributed by atoms with Gasteiger partial charge < -0.3 is 9.64 Å². The highest BCUT2D eigenvalue weighted by Gasteiger charge is 2.24. The van der Waals surface area contributed by atoms with E-state index in [0.29, 0.717) is 16.3 Å². The van der Waals surface area contributed by atoms with Crippen LogP contribution < -0.4 is 0 Å². The summed E-state index contributed by atoms with van der Waals surface area (Å²) in [6, 6.07) is 5.42. The molecule has 0 saturated heterocycles. The molecular weight excluding hydrogens is 294 g/mol. The van der Waals surface area contributed by atoms with Gasteiger partial charge in [0.05, 0.1) is 12.0 Å². The first-order valence-electron chi connectivity index (χ1n) is 6.21. The number of carbonyl (C=O) groups is 2. The molecule has 6 heteroatoms. The Bertz CT molecular complexity index is 659. The molecule has 104 valence electrons. The van der Waals surface area contributed by atoms with Crippen molar-refractivity contribution in [1.29, 1.82) is 0 Å². The van der Waals surface area contributed by atoms with Gasteiger partial charge in [0.15, 0.2) is 0 Å². The van der Waals surface area contributed by atoms with E-state index in [0.717, 1.165) is 13.0 Å². The third kappa shape index (κ3) is 2.36. The molecule has 2 aromatic rings. The number of esters is 1. The van der Waals surface area contributed by atoms with E-state index in [-0.39, 0.29) is 5.91 Å². The summed E-state index contributed by atoms with van der Waals surface area (Å²) in [6.07, 6.45) is 0.911. The zero-order chi connectivity index (χ0) is 14.1. The maximum absolute atomic E-state index is 12.4. The molecule has 0 atom stereocenters. The highest BCUT2D eigenvalue weighted by atomic mass is 32.1. The van der Waals surface area contributed by atoms with Gasteiger partial charge >= 0.3 is 5.97 Å². The van der Waals surface area contributed by atoms with Crippen molar-refractivity contribution in [2.75, 3.05) is 13.7 Å². The number of methoxy groups -OCH3 is 1. The van der Waals surface area contributed by atoms with E-state index in [4.69, 9.17) is 0 Å². The fraction of sp³-hybridized carbons (Fsp3) is 0.286. The molecule has 1 aliphatic rings. The SMILES string of the molecule is COC(=O)c1ccc(C(=O)N2CCc3sccc3C2)s1. The number of amides is 1. The lowest BCUT2D eigenvalue weighted by molar-refractivity contribution is 0.0606. The summed E-state index contributed by atoms with van der Waals surface area (Å²) in [5, 5.41) is 2.07. The van der Waals surface area contributed by atoms with Crippen molar-refractivity contribution in [3.63, 3.8) is 0 Å². The summed E-state index contributed by atoms with van der Waals surface area (Å²) >= 11 is 2.94. The third-order valence-corrected chi connectivity index (χ3v) is 5.37. The molecule has 20 heavy (non-hydrogen) atoms. The van der Waals surface area contributed by atoms with Crippen molar-refractivity contribution in [3.05, 3.63) is 43.8 Å². The molecule has 0 radical (unpaired) electrons. The van der Waals surface area contributed by atoms with E-state index < -0.39 is 5.97 Å². The number of fused-ring (bicyclic) bond motifs is 1. The Morgan fingerprint density at radius 1 is 1.25 bits per heavy atom. The Labute approximate surface area is 124 Å². The van der Waals surface area contributed by atoms with Crippen LogP contribution in [0.15, 0.2) is 23.6 Å². The van der Waals surface area contributed by atoms with E-state index in [1.54, 1.807) is 23.5 Å². The maximum Gasteiger partial charge on any atom is 0.348 e. The van der Waals surface area contributed by atoms with Crippen LogP contribution in [0.3, 0.4) is 0 Å². The van der Waals surface area contributed by atoms with Crippen molar-refractivity contribution >= 4 is 34.6 Å². The van der Waals surface area contributed by atoms with Crippen LogP contribution in [0.2, 0.25) is 0 Å². The Balaban J connectivity index is 1.77. The zero-order valence-corrected chi connectivity index (χ0v) is 12.6. The Morgan fingerprint density at radius 2 is 2.05 bits per heavy atom. The third-order valence-electron chi connectivity index (χ3n) is 3.30. The van der Waals surface area contributed by atoms with Crippen molar-refractivity contribution in [2.24, 2.45) is 0 Å². The monoisotopic (exact) mass is 307 g/mol. The largest absolute Gasteiger partial charge is 0.465 e. The zero-order valence-electron chi connectivity index (χ0n) is 10.9. The molecule has 0 unspecified atom stereocenters. The molecule has 0 N–H and O–H groups in total. The van der Waals surface area contributed by atoms with Gasteiger partial charge in [-0.1, -0.05) is 0 Å². The Kier molecular flexibility index (Phi) is 3.58. The maximum atomic E-state index is 12.4. The molecule has 1 amide bonds. The van der Waals surface area contributed by atoms with Gasteiger partial charge in [-0.25, -0.2) is 4.79 Å². The first-order valence-corrected chi connectivity index (χ1v) is 7.91. The summed E-state index contributed by atoms with van der Waals surface area (Å²) < 4.78 is 4.66. The summed E-state index contributed by atoms with van der Waals surface area (Å²) in [5.41, 5.74) is 1.24. The molecule has 3 heterocycles. The second-order valence-corrected chi connectivity index (χ2v) is 6.59. The standard InChI is InChI=1S/C14H13NO3S2/c1-18-14(17)12-3-2-11(20-12)13(16)15-6-4-10-9(8-15)5-7-19-10/h2-3,5,7H,4,6,8H2,1H3. The van der Waals surface area contributed by atoms with Crippen LogP contribution in [-0.2, 0) is 17.7 Å². The number of hydrogen-bond acceptors (Lipinski definition) is 5. The molecule has 0 fully saturated rings. The van der Waals surface area contributed by atoms with Gasteiger partial charge in [0.2, 0.25) is 0 Å². The van der Waals surface area contributed by atoms with E-state index in [2.05, 4.69) is 16.2 Å². The number of hydrogen-bond donors (Lipinski definition) is 0. The van der Waals surface area contributed by atoms with Crippen molar-refractivity contribution in [2.45, 2.75) is 13.0 Å². The van der Waals surface area contributed by atoms with Crippen LogP contribution >= 0.6 is 22.7 Å². The van der Waals surface area contributed by atoms with Gasteiger partial charge in [-0.15, -0.1) is 22.7 Å². The summed E-state index contributed by atoms with van der Waals surface area (Å²) in [6.45, 7) is 1.39. The van der Waals surface area contributed by atoms with E-state index in [1.165, 1.54) is 28.9 Å². The number of ether oxygens (including phenoxy) is 1. The molecule has 0 aromatic carbocycles. The highest BCUT2D eigenvalue weighted by molar-refractivity contribution is 7.15. The molecule has 3 rings (SSSR count). The molecule has 2 aromatic heterocycles. The topological polar surface area (TPSA) is 46.6 Å². The summed E-state index contributed by atoms with van der Waals surface area (Å²) in [4.78, 5) is 28.1. The minimum absolute atomic E-state index is 0.0120. The number of rotatable bonds is 2.